The van der Waals surface area contributed by atoms with Crippen LogP contribution >= 0.6 is 0 Å². The topological polar surface area (TPSA) is 76.7 Å². The highest BCUT2D eigenvalue weighted by Crippen LogP contribution is 2.47. The van der Waals surface area contributed by atoms with Crippen LogP contribution in [0, 0.1) is 11.2 Å². The molecule has 7 heteroatoms. The first kappa shape index (κ1) is 16.4. The average Bonchev–Trinajstić information content (AvgIpc) is 3.33. The minimum absolute atomic E-state index is 0.0762. The van der Waals surface area contributed by atoms with Gasteiger partial charge in [0.15, 0.2) is 11.5 Å². The Morgan fingerprint density at radius 2 is 1.81 bits per heavy atom. The minimum Gasteiger partial charge on any atom is -0.454 e. The van der Waals surface area contributed by atoms with Gasteiger partial charge in [0, 0.05) is 6.54 Å². The number of amides is 2. The molecule has 2 aromatic carbocycles. The summed E-state index contributed by atoms with van der Waals surface area (Å²) in [4.78, 5) is 25.0. The average molecular weight is 356 g/mol. The fourth-order valence-corrected chi connectivity index (χ4v) is 2.89. The van der Waals surface area contributed by atoms with Crippen molar-refractivity contribution in [3.63, 3.8) is 0 Å². The smallest absolute Gasteiger partial charge is 0.240 e. The molecule has 0 aromatic heterocycles. The molecule has 134 valence electrons. The number of hydrogen-bond acceptors (Lipinski definition) is 4. The number of hydrogen-bond donors (Lipinski definition) is 2. The van der Waals surface area contributed by atoms with Crippen molar-refractivity contribution in [1.29, 1.82) is 0 Å². The normalized spacial score (nSPS) is 16.0. The standard InChI is InChI=1S/C19H17FN2O4/c20-13-3-1-2-4-14(13)22-18(24)19(7-8-19)17(23)21-10-12-5-6-15-16(9-12)26-11-25-15/h1-6,9H,7-8,10-11H2,(H,21,23)(H,22,24). The summed E-state index contributed by atoms with van der Waals surface area (Å²) in [6.07, 6.45) is 0.889. The van der Waals surface area contributed by atoms with Gasteiger partial charge in [0.1, 0.15) is 11.2 Å². The van der Waals surface area contributed by atoms with Crippen molar-refractivity contribution in [2.45, 2.75) is 19.4 Å². The summed E-state index contributed by atoms with van der Waals surface area (Å²) in [6.45, 7) is 0.453. The molecule has 0 spiro atoms. The maximum atomic E-state index is 13.7. The molecule has 0 bridgehead atoms. The maximum Gasteiger partial charge on any atom is 0.240 e. The summed E-state index contributed by atoms with van der Waals surface area (Å²) in [7, 11) is 0. The Morgan fingerprint density at radius 1 is 1.04 bits per heavy atom. The van der Waals surface area contributed by atoms with E-state index in [4.69, 9.17) is 9.47 Å². The van der Waals surface area contributed by atoms with E-state index < -0.39 is 17.1 Å². The lowest BCUT2D eigenvalue weighted by molar-refractivity contribution is -0.134. The molecular weight excluding hydrogens is 339 g/mol. The van der Waals surface area contributed by atoms with Gasteiger partial charge >= 0.3 is 0 Å². The number of nitrogens with one attached hydrogen (secondary N) is 2. The molecule has 2 amide bonds. The Hall–Kier alpha value is -3.09. The molecule has 2 N–H and O–H groups in total. The number of benzene rings is 2. The Labute approximate surface area is 149 Å². The predicted molar refractivity (Wildman–Crippen MR) is 91.1 cm³/mol. The number of fused-ring (bicyclic) bond motifs is 1. The van der Waals surface area contributed by atoms with Gasteiger partial charge in [0.05, 0.1) is 5.69 Å². The number of carbonyl (C=O) groups is 2. The van der Waals surface area contributed by atoms with Crippen molar-refractivity contribution in [3.8, 4) is 11.5 Å². The van der Waals surface area contributed by atoms with Crippen molar-refractivity contribution in [3.05, 3.63) is 53.8 Å². The molecule has 0 radical (unpaired) electrons. The van der Waals surface area contributed by atoms with E-state index in [9.17, 15) is 14.0 Å². The van der Waals surface area contributed by atoms with E-state index in [1.807, 2.05) is 6.07 Å². The Morgan fingerprint density at radius 3 is 2.58 bits per heavy atom. The second kappa shape index (κ2) is 6.33. The van der Waals surface area contributed by atoms with E-state index >= 15 is 0 Å². The van der Waals surface area contributed by atoms with Crippen LogP contribution < -0.4 is 20.1 Å². The van der Waals surface area contributed by atoms with Crippen LogP contribution in [0.5, 0.6) is 11.5 Å². The van der Waals surface area contributed by atoms with Crippen LogP contribution in [0.15, 0.2) is 42.5 Å². The van der Waals surface area contributed by atoms with E-state index in [1.54, 1.807) is 18.2 Å². The lowest BCUT2D eigenvalue weighted by Crippen LogP contribution is -2.39. The van der Waals surface area contributed by atoms with Crippen molar-refractivity contribution in [2.24, 2.45) is 5.41 Å². The van der Waals surface area contributed by atoms with Crippen LogP contribution in [-0.2, 0) is 16.1 Å². The maximum absolute atomic E-state index is 13.7. The second-order valence-corrected chi connectivity index (χ2v) is 6.39. The fourth-order valence-electron chi connectivity index (χ4n) is 2.89. The van der Waals surface area contributed by atoms with E-state index in [1.165, 1.54) is 18.2 Å². The summed E-state index contributed by atoms with van der Waals surface area (Å²) in [5.41, 5.74) is -0.209. The molecule has 1 aliphatic carbocycles. The van der Waals surface area contributed by atoms with Crippen LogP contribution in [0.2, 0.25) is 0 Å². The number of halogens is 1. The van der Waals surface area contributed by atoms with Crippen LogP contribution in [0.4, 0.5) is 10.1 Å². The number of para-hydroxylation sites is 1. The predicted octanol–water partition coefficient (Wildman–Crippen LogP) is 2.59. The highest BCUT2D eigenvalue weighted by molar-refractivity contribution is 6.13. The molecule has 4 rings (SSSR count). The summed E-state index contributed by atoms with van der Waals surface area (Å²) in [6, 6.07) is 11.3. The number of rotatable bonds is 5. The molecule has 6 nitrogen and oxygen atoms in total. The summed E-state index contributed by atoms with van der Waals surface area (Å²) >= 11 is 0. The Balaban J connectivity index is 1.39. The molecule has 1 fully saturated rings. The summed E-state index contributed by atoms with van der Waals surface area (Å²) < 4.78 is 24.3. The monoisotopic (exact) mass is 356 g/mol. The zero-order chi connectivity index (χ0) is 18.1. The van der Waals surface area contributed by atoms with Gasteiger partial charge in [-0.15, -0.1) is 0 Å². The SMILES string of the molecule is O=C(NCc1ccc2c(c1)OCO2)C1(C(=O)Nc2ccccc2F)CC1. The summed E-state index contributed by atoms with van der Waals surface area (Å²) in [5.74, 6) is -0.0644. The molecule has 0 saturated heterocycles. The molecule has 2 aromatic rings. The van der Waals surface area contributed by atoms with Gasteiger partial charge in [-0.2, -0.15) is 0 Å². The third-order valence-electron chi connectivity index (χ3n) is 4.63. The first-order chi connectivity index (χ1) is 12.6. The molecule has 0 atom stereocenters. The van der Waals surface area contributed by atoms with Crippen molar-refractivity contribution < 1.29 is 23.5 Å². The highest BCUT2D eigenvalue weighted by Gasteiger charge is 2.56. The van der Waals surface area contributed by atoms with Gasteiger partial charge in [0.2, 0.25) is 18.6 Å². The van der Waals surface area contributed by atoms with E-state index in [2.05, 4.69) is 10.6 Å². The van der Waals surface area contributed by atoms with Gasteiger partial charge in [-0.25, -0.2) is 4.39 Å². The minimum atomic E-state index is -1.13. The zero-order valence-corrected chi connectivity index (χ0v) is 13.9. The van der Waals surface area contributed by atoms with E-state index in [0.717, 1.165) is 5.56 Å². The third kappa shape index (κ3) is 2.96. The number of carbonyl (C=O) groups excluding carboxylic acids is 2. The third-order valence-corrected chi connectivity index (χ3v) is 4.63. The quantitative estimate of drug-likeness (QED) is 0.808. The Bertz CT molecular complexity index is 880. The number of anilines is 1. The van der Waals surface area contributed by atoms with E-state index in [-0.39, 0.29) is 24.9 Å². The van der Waals surface area contributed by atoms with Gasteiger partial charge in [-0.3, -0.25) is 9.59 Å². The second-order valence-electron chi connectivity index (χ2n) is 6.39. The zero-order valence-electron chi connectivity index (χ0n) is 13.9. The van der Waals surface area contributed by atoms with Crippen molar-refractivity contribution >= 4 is 17.5 Å². The first-order valence-electron chi connectivity index (χ1n) is 8.31. The molecule has 2 aliphatic rings. The fraction of sp³-hybridized carbons (Fsp3) is 0.263. The van der Waals surface area contributed by atoms with Crippen LogP contribution in [0.1, 0.15) is 18.4 Å². The van der Waals surface area contributed by atoms with E-state index in [0.29, 0.717) is 24.3 Å². The van der Waals surface area contributed by atoms with Gasteiger partial charge in [-0.05, 0) is 42.7 Å². The van der Waals surface area contributed by atoms with Crippen molar-refractivity contribution in [1.82, 2.24) is 5.32 Å². The van der Waals surface area contributed by atoms with Crippen molar-refractivity contribution in [2.75, 3.05) is 12.1 Å². The van der Waals surface area contributed by atoms with Crippen LogP contribution in [-0.4, -0.2) is 18.6 Å². The van der Waals surface area contributed by atoms with Gasteiger partial charge in [0.25, 0.3) is 0 Å². The molecule has 0 unspecified atom stereocenters. The molecular formula is C19H17FN2O4. The van der Waals surface area contributed by atoms with Crippen LogP contribution in [0.3, 0.4) is 0 Å². The van der Waals surface area contributed by atoms with Gasteiger partial charge < -0.3 is 20.1 Å². The van der Waals surface area contributed by atoms with Gasteiger partial charge in [-0.1, -0.05) is 18.2 Å². The number of ether oxygens (including phenoxy) is 2. The summed E-state index contributed by atoms with van der Waals surface area (Å²) in [5, 5.41) is 5.30. The lowest BCUT2D eigenvalue weighted by Gasteiger charge is -2.16. The lowest BCUT2D eigenvalue weighted by atomic mass is 10.0. The Kier molecular flexibility index (Phi) is 3.99. The molecule has 1 heterocycles. The largest absolute Gasteiger partial charge is 0.454 e. The first-order valence-corrected chi connectivity index (χ1v) is 8.31. The molecule has 26 heavy (non-hydrogen) atoms. The molecule has 1 saturated carbocycles. The highest BCUT2D eigenvalue weighted by atomic mass is 19.1. The van der Waals surface area contributed by atoms with Crippen LogP contribution in [0.25, 0.3) is 0 Å². The molecule has 1 aliphatic heterocycles.